The summed E-state index contributed by atoms with van der Waals surface area (Å²) in [7, 11) is 1.81. The topological polar surface area (TPSA) is 55.1 Å². The average molecular weight is 286 g/mol. The Labute approximate surface area is 121 Å². The third-order valence-electron chi connectivity index (χ3n) is 3.78. The SMILES string of the molecule is CC1C=C(c2nn(C)c3ccc(C(=O)O)cc23)C=CC1F. The van der Waals surface area contributed by atoms with Crippen LogP contribution in [0.3, 0.4) is 0 Å². The maximum atomic E-state index is 13.5. The normalized spacial score (nSPS) is 21.6. The second kappa shape index (κ2) is 4.84. The Kier molecular flexibility index (Phi) is 3.12. The van der Waals surface area contributed by atoms with Crippen LogP contribution in [0.2, 0.25) is 0 Å². The van der Waals surface area contributed by atoms with Crippen LogP contribution >= 0.6 is 0 Å². The summed E-state index contributed by atoms with van der Waals surface area (Å²) in [5.41, 5.74) is 2.57. The number of allylic oxidation sites excluding steroid dienone is 4. The zero-order chi connectivity index (χ0) is 15.1. The van der Waals surface area contributed by atoms with E-state index in [4.69, 9.17) is 5.11 Å². The van der Waals surface area contributed by atoms with Crippen molar-refractivity contribution in [1.29, 1.82) is 0 Å². The summed E-state index contributed by atoms with van der Waals surface area (Å²) in [6.45, 7) is 1.81. The lowest BCUT2D eigenvalue weighted by atomic mass is 9.93. The summed E-state index contributed by atoms with van der Waals surface area (Å²) in [4.78, 5) is 11.1. The maximum Gasteiger partial charge on any atom is 0.335 e. The van der Waals surface area contributed by atoms with Gasteiger partial charge < -0.3 is 5.11 Å². The first kappa shape index (κ1) is 13.5. The lowest BCUT2D eigenvalue weighted by Gasteiger charge is -2.15. The Morgan fingerprint density at radius 2 is 2.19 bits per heavy atom. The number of benzene rings is 1. The van der Waals surface area contributed by atoms with Crippen LogP contribution in [0, 0.1) is 5.92 Å². The van der Waals surface area contributed by atoms with Crippen LogP contribution in [0.5, 0.6) is 0 Å². The molecule has 1 aliphatic carbocycles. The van der Waals surface area contributed by atoms with Gasteiger partial charge in [-0.3, -0.25) is 4.68 Å². The number of aryl methyl sites for hydroxylation is 1. The van der Waals surface area contributed by atoms with E-state index in [0.29, 0.717) is 5.69 Å². The molecule has 4 nitrogen and oxygen atoms in total. The summed E-state index contributed by atoms with van der Waals surface area (Å²) in [5, 5.41) is 14.3. The molecule has 2 unspecified atom stereocenters. The van der Waals surface area contributed by atoms with Crippen molar-refractivity contribution < 1.29 is 14.3 Å². The molecule has 0 saturated heterocycles. The van der Waals surface area contributed by atoms with Gasteiger partial charge in [0, 0.05) is 18.4 Å². The van der Waals surface area contributed by atoms with Gasteiger partial charge in [0.15, 0.2) is 0 Å². The summed E-state index contributed by atoms with van der Waals surface area (Å²) >= 11 is 0. The molecule has 1 aromatic carbocycles. The van der Waals surface area contributed by atoms with Crippen LogP contribution in [-0.2, 0) is 7.05 Å². The zero-order valence-electron chi connectivity index (χ0n) is 11.7. The number of hydrogen-bond acceptors (Lipinski definition) is 2. The predicted octanol–water partition coefficient (Wildman–Crippen LogP) is 3.20. The van der Waals surface area contributed by atoms with Crippen molar-refractivity contribution in [3.05, 3.63) is 47.7 Å². The number of fused-ring (bicyclic) bond motifs is 1. The molecule has 0 spiro atoms. The van der Waals surface area contributed by atoms with Gasteiger partial charge in [0.1, 0.15) is 6.17 Å². The minimum atomic E-state index is -0.988. The lowest BCUT2D eigenvalue weighted by Crippen LogP contribution is -2.11. The standard InChI is InChI=1S/C16H15FN2O2/c1-9-7-10(3-5-13(9)17)15-12-8-11(16(20)21)4-6-14(12)19(2)18-15/h3-9,13H,1-2H3,(H,20,21). The Morgan fingerprint density at radius 1 is 1.43 bits per heavy atom. The quantitative estimate of drug-likeness (QED) is 0.922. The molecule has 108 valence electrons. The monoisotopic (exact) mass is 286 g/mol. The molecule has 1 heterocycles. The minimum Gasteiger partial charge on any atom is -0.478 e. The van der Waals surface area contributed by atoms with Crippen LogP contribution in [-0.4, -0.2) is 27.0 Å². The van der Waals surface area contributed by atoms with Crippen LogP contribution in [0.25, 0.3) is 16.5 Å². The van der Waals surface area contributed by atoms with Crippen LogP contribution in [0.1, 0.15) is 23.0 Å². The van der Waals surface area contributed by atoms with Gasteiger partial charge in [-0.1, -0.05) is 19.1 Å². The first-order valence-electron chi connectivity index (χ1n) is 6.72. The number of halogens is 1. The van der Waals surface area contributed by atoms with Gasteiger partial charge in [0.25, 0.3) is 0 Å². The molecular formula is C16H15FN2O2. The zero-order valence-corrected chi connectivity index (χ0v) is 11.7. The Balaban J connectivity index is 2.19. The smallest absolute Gasteiger partial charge is 0.335 e. The molecule has 0 amide bonds. The van der Waals surface area contributed by atoms with Gasteiger partial charge in [-0.05, 0) is 29.8 Å². The van der Waals surface area contributed by atoms with E-state index in [1.165, 1.54) is 6.08 Å². The highest BCUT2D eigenvalue weighted by molar-refractivity contribution is 5.98. The van der Waals surface area contributed by atoms with Gasteiger partial charge in [0.2, 0.25) is 0 Å². The van der Waals surface area contributed by atoms with Crippen molar-refractivity contribution in [3.8, 4) is 0 Å². The summed E-state index contributed by atoms with van der Waals surface area (Å²) in [5.74, 6) is -1.19. The Hall–Kier alpha value is -2.43. The van der Waals surface area contributed by atoms with Crippen molar-refractivity contribution in [3.63, 3.8) is 0 Å². The van der Waals surface area contributed by atoms with Crippen molar-refractivity contribution >= 4 is 22.4 Å². The van der Waals surface area contributed by atoms with E-state index >= 15 is 0 Å². The van der Waals surface area contributed by atoms with Crippen molar-refractivity contribution in [2.24, 2.45) is 13.0 Å². The number of carboxylic acid groups (broad SMARTS) is 1. The van der Waals surface area contributed by atoms with Gasteiger partial charge in [-0.2, -0.15) is 5.10 Å². The maximum absolute atomic E-state index is 13.5. The molecule has 2 atom stereocenters. The summed E-state index contributed by atoms with van der Waals surface area (Å²) in [6.07, 6.45) is 4.07. The molecule has 21 heavy (non-hydrogen) atoms. The van der Waals surface area contributed by atoms with E-state index in [1.54, 1.807) is 36.0 Å². The largest absolute Gasteiger partial charge is 0.478 e. The van der Waals surface area contributed by atoms with E-state index in [0.717, 1.165) is 16.5 Å². The van der Waals surface area contributed by atoms with E-state index < -0.39 is 12.1 Å². The Morgan fingerprint density at radius 3 is 2.86 bits per heavy atom. The fraction of sp³-hybridized carbons (Fsp3) is 0.250. The average Bonchev–Trinajstić information content (AvgIpc) is 2.79. The van der Waals surface area contributed by atoms with Crippen molar-refractivity contribution in [2.45, 2.75) is 13.1 Å². The first-order chi connectivity index (χ1) is 9.97. The number of aromatic nitrogens is 2. The molecule has 3 rings (SSSR count). The highest BCUT2D eigenvalue weighted by atomic mass is 19.1. The third kappa shape index (κ3) is 2.24. The van der Waals surface area contributed by atoms with Gasteiger partial charge in [0.05, 0.1) is 16.8 Å². The summed E-state index contributed by atoms with van der Waals surface area (Å²) < 4.78 is 15.2. The number of carboxylic acids is 1. The molecule has 0 fully saturated rings. The van der Waals surface area contributed by atoms with Crippen LogP contribution < -0.4 is 0 Å². The lowest BCUT2D eigenvalue weighted by molar-refractivity contribution is 0.0697. The molecule has 0 bridgehead atoms. The number of nitrogens with zero attached hydrogens (tertiary/aromatic N) is 2. The molecule has 1 N–H and O–H groups in total. The molecular weight excluding hydrogens is 271 g/mol. The predicted molar refractivity (Wildman–Crippen MR) is 78.9 cm³/mol. The number of aromatic carboxylic acids is 1. The second-order valence-corrected chi connectivity index (χ2v) is 5.29. The fourth-order valence-corrected chi connectivity index (χ4v) is 2.57. The highest BCUT2D eigenvalue weighted by Crippen LogP contribution is 2.30. The molecule has 0 aliphatic heterocycles. The van der Waals surface area contributed by atoms with Crippen molar-refractivity contribution in [1.82, 2.24) is 9.78 Å². The van der Waals surface area contributed by atoms with E-state index in [2.05, 4.69) is 5.10 Å². The van der Waals surface area contributed by atoms with E-state index in [1.807, 2.05) is 13.0 Å². The number of hydrogen-bond donors (Lipinski definition) is 1. The van der Waals surface area contributed by atoms with Gasteiger partial charge >= 0.3 is 5.97 Å². The third-order valence-corrected chi connectivity index (χ3v) is 3.78. The number of rotatable bonds is 2. The highest BCUT2D eigenvalue weighted by Gasteiger charge is 2.20. The summed E-state index contributed by atoms with van der Waals surface area (Å²) in [6, 6.07) is 4.91. The Bertz CT molecular complexity index is 789. The molecule has 5 heteroatoms. The number of carbonyl (C=O) groups is 1. The molecule has 1 aliphatic rings. The van der Waals surface area contributed by atoms with Crippen LogP contribution in [0.15, 0.2) is 36.4 Å². The minimum absolute atomic E-state index is 0.216. The molecule has 1 aromatic heterocycles. The van der Waals surface area contributed by atoms with E-state index in [-0.39, 0.29) is 11.5 Å². The second-order valence-electron chi connectivity index (χ2n) is 5.29. The molecule has 2 aromatic rings. The van der Waals surface area contributed by atoms with Crippen LogP contribution in [0.4, 0.5) is 4.39 Å². The van der Waals surface area contributed by atoms with Crippen molar-refractivity contribution in [2.75, 3.05) is 0 Å². The van der Waals surface area contributed by atoms with Gasteiger partial charge in [-0.25, -0.2) is 9.18 Å². The molecule has 0 radical (unpaired) electrons. The fourth-order valence-electron chi connectivity index (χ4n) is 2.57. The van der Waals surface area contributed by atoms with E-state index in [9.17, 15) is 9.18 Å². The molecule has 0 saturated carbocycles. The first-order valence-corrected chi connectivity index (χ1v) is 6.72. The number of alkyl halides is 1. The van der Waals surface area contributed by atoms with Gasteiger partial charge in [-0.15, -0.1) is 0 Å².